The lowest BCUT2D eigenvalue weighted by molar-refractivity contribution is 0.257. The monoisotopic (exact) mass is 221 g/mol. The van der Waals surface area contributed by atoms with Crippen LogP contribution in [0.2, 0.25) is 0 Å². The average molecular weight is 221 g/mol. The molecule has 0 spiro atoms. The van der Waals surface area contributed by atoms with Gasteiger partial charge in [-0.15, -0.1) is 10.2 Å². The lowest BCUT2D eigenvalue weighted by Crippen LogP contribution is -2.36. The number of nitrogens with one attached hydrogen (secondary N) is 1. The molecule has 0 saturated heterocycles. The molecule has 0 amide bonds. The van der Waals surface area contributed by atoms with Gasteiger partial charge >= 0.3 is 0 Å². The summed E-state index contributed by atoms with van der Waals surface area (Å²) >= 11 is 0. The third-order valence-corrected chi connectivity index (χ3v) is 3.08. The minimum atomic E-state index is 0.452. The van der Waals surface area contributed by atoms with Crippen molar-refractivity contribution >= 4 is 11.6 Å². The second-order valence-corrected chi connectivity index (χ2v) is 4.47. The lowest BCUT2D eigenvalue weighted by atomic mass is 10.3. The lowest BCUT2D eigenvalue weighted by Gasteiger charge is -2.24. The predicted molar refractivity (Wildman–Crippen MR) is 65.2 cm³/mol. The van der Waals surface area contributed by atoms with E-state index in [1.54, 1.807) is 6.07 Å². The summed E-state index contributed by atoms with van der Waals surface area (Å²) in [6, 6.07) is 4.90. The van der Waals surface area contributed by atoms with Gasteiger partial charge in [-0.3, -0.25) is 4.90 Å². The summed E-state index contributed by atoms with van der Waals surface area (Å²) in [6.45, 7) is 3.10. The fourth-order valence-electron chi connectivity index (χ4n) is 1.67. The molecule has 0 aliphatic heterocycles. The van der Waals surface area contributed by atoms with Crippen molar-refractivity contribution in [1.82, 2.24) is 15.1 Å². The van der Waals surface area contributed by atoms with E-state index in [-0.39, 0.29) is 0 Å². The van der Waals surface area contributed by atoms with E-state index in [0.29, 0.717) is 11.9 Å². The number of hydrogen-bond acceptors (Lipinski definition) is 5. The Kier molecular flexibility index (Phi) is 3.24. The standard InChI is InChI=1S/C11H19N5/c1-8(16(2)9-3-4-9)7-13-11-6-5-10(12)14-15-11/h5-6,8-9H,3-4,7H2,1-2H3,(H2,12,14)(H,13,15). The predicted octanol–water partition coefficient (Wildman–Crippen LogP) is 0.953. The molecule has 1 aliphatic carbocycles. The molecule has 1 aromatic rings. The highest BCUT2D eigenvalue weighted by molar-refractivity contribution is 5.38. The van der Waals surface area contributed by atoms with E-state index in [4.69, 9.17) is 5.73 Å². The zero-order valence-electron chi connectivity index (χ0n) is 9.85. The van der Waals surface area contributed by atoms with E-state index in [9.17, 15) is 0 Å². The Balaban J connectivity index is 1.79. The summed E-state index contributed by atoms with van der Waals surface area (Å²) in [5.74, 6) is 1.24. The Morgan fingerprint density at radius 3 is 2.81 bits per heavy atom. The molecule has 16 heavy (non-hydrogen) atoms. The van der Waals surface area contributed by atoms with Gasteiger partial charge in [-0.25, -0.2) is 0 Å². The third kappa shape index (κ3) is 2.82. The first-order valence-electron chi connectivity index (χ1n) is 5.72. The first-order chi connectivity index (χ1) is 7.66. The Morgan fingerprint density at radius 2 is 2.25 bits per heavy atom. The van der Waals surface area contributed by atoms with E-state index < -0.39 is 0 Å². The third-order valence-electron chi connectivity index (χ3n) is 3.08. The van der Waals surface area contributed by atoms with Crippen molar-refractivity contribution in [2.24, 2.45) is 0 Å². The maximum Gasteiger partial charge on any atom is 0.148 e. The van der Waals surface area contributed by atoms with Crippen LogP contribution in [0.15, 0.2) is 12.1 Å². The van der Waals surface area contributed by atoms with Crippen LogP contribution in [0.1, 0.15) is 19.8 Å². The van der Waals surface area contributed by atoms with E-state index in [2.05, 4.69) is 34.4 Å². The van der Waals surface area contributed by atoms with Crippen molar-refractivity contribution in [1.29, 1.82) is 0 Å². The molecule has 0 bridgehead atoms. The number of rotatable bonds is 5. The van der Waals surface area contributed by atoms with Crippen LogP contribution in [0.3, 0.4) is 0 Å². The molecular formula is C11H19N5. The van der Waals surface area contributed by atoms with Gasteiger partial charge in [0, 0.05) is 18.6 Å². The summed E-state index contributed by atoms with van der Waals surface area (Å²) < 4.78 is 0. The van der Waals surface area contributed by atoms with Crippen LogP contribution in [-0.4, -0.2) is 40.8 Å². The van der Waals surface area contributed by atoms with Gasteiger partial charge in [-0.1, -0.05) is 0 Å². The van der Waals surface area contributed by atoms with E-state index in [1.165, 1.54) is 12.8 Å². The van der Waals surface area contributed by atoms with Crippen molar-refractivity contribution < 1.29 is 0 Å². The molecule has 1 saturated carbocycles. The molecule has 2 rings (SSSR count). The maximum absolute atomic E-state index is 5.47. The molecule has 1 heterocycles. The van der Waals surface area contributed by atoms with Crippen molar-refractivity contribution in [3.05, 3.63) is 12.1 Å². The first-order valence-corrected chi connectivity index (χ1v) is 5.72. The van der Waals surface area contributed by atoms with Crippen molar-refractivity contribution in [3.63, 3.8) is 0 Å². The van der Waals surface area contributed by atoms with Gasteiger partial charge in [0.1, 0.15) is 11.6 Å². The number of anilines is 2. The summed E-state index contributed by atoms with van der Waals surface area (Å²) in [5.41, 5.74) is 5.47. The summed E-state index contributed by atoms with van der Waals surface area (Å²) in [6.07, 6.45) is 2.67. The van der Waals surface area contributed by atoms with Gasteiger partial charge in [-0.2, -0.15) is 0 Å². The van der Waals surface area contributed by atoms with Gasteiger partial charge in [0.2, 0.25) is 0 Å². The second kappa shape index (κ2) is 4.65. The topological polar surface area (TPSA) is 67.1 Å². The van der Waals surface area contributed by atoms with Crippen LogP contribution in [0.25, 0.3) is 0 Å². The highest BCUT2D eigenvalue weighted by Gasteiger charge is 2.28. The Labute approximate surface area is 96.0 Å². The maximum atomic E-state index is 5.47. The number of nitrogen functional groups attached to an aromatic ring is 1. The minimum absolute atomic E-state index is 0.452. The van der Waals surface area contributed by atoms with Crippen LogP contribution >= 0.6 is 0 Å². The zero-order valence-corrected chi connectivity index (χ0v) is 9.85. The van der Waals surface area contributed by atoms with Crippen LogP contribution in [0.4, 0.5) is 11.6 Å². The van der Waals surface area contributed by atoms with Gasteiger partial charge in [0.05, 0.1) is 0 Å². The fourth-order valence-corrected chi connectivity index (χ4v) is 1.67. The molecule has 1 aliphatic rings. The van der Waals surface area contributed by atoms with Crippen LogP contribution in [0, 0.1) is 0 Å². The average Bonchev–Trinajstić information content (AvgIpc) is 3.11. The highest BCUT2D eigenvalue weighted by Crippen LogP contribution is 2.26. The molecule has 0 aromatic carbocycles. The quantitative estimate of drug-likeness (QED) is 0.775. The van der Waals surface area contributed by atoms with E-state index >= 15 is 0 Å². The molecule has 5 nitrogen and oxygen atoms in total. The Bertz CT molecular complexity index is 333. The largest absolute Gasteiger partial charge is 0.382 e. The summed E-state index contributed by atoms with van der Waals surface area (Å²) in [4.78, 5) is 2.41. The van der Waals surface area contributed by atoms with Gasteiger partial charge in [-0.05, 0) is 38.9 Å². The Morgan fingerprint density at radius 1 is 1.50 bits per heavy atom. The fraction of sp³-hybridized carbons (Fsp3) is 0.636. The van der Waals surface area contributed by atoms with Gasteiger partial charge < -0.3 is 11.1 Å². The molecule has 1 atom stereocenters. The van der Waals surface area contributed by atoms with Gasteiger partial charge in [0.15, 0.2) is 0 Å². The minimum Gasteiger partial charge on any atom is -0.382 e. The first kappa shape index (κ1) is 11.1. The smallest absolute Gasteiger partial charge is 0.148 e. The van der Waals surface area contributed by atoms with Gasteiger partial charge in [0.25, 0.3) is 0 Å². The molecule has 1 fully saturated rings. The SMILES string of the molecule is CC(CNc1ccc(N)nn1)N(C)C1CC1. The normalized spacial score (nSPS) is 17.4. The van der Waals surface area contributed by atoms with Crippen LogP contribution in [-0.2, 0) is 0 Å². The molecule has 5 heteroatoms. The number of nitrogens with zero attached hydrogens (tertiary/aromatic N) is 3. The zero-order chi connectivity index (χ0) is 11.5. The number of aromatic nitrogens is 2. The molecule has 1 unspecified atom stereocenters. The Hall–Kier alpha value is -1.36. The number of nitrogens with two attached hydrogens (primary N) is 1. The molecule has 1 aromatic heterocycles. The van der Waals surface area contributed by atoms with Crippen molar-refractivity contribution in [2.75, 3.05) is 24.6 Å². The summed E-state index contributed by atoms with van der Waals surface area (Å²) in [5, 5.41) is 11.0. The second-order valence-electron chi connectivity index (χ2n) is 4.47. The van der Waals surface area contributed by atoms with E-state index in [0.717, 1.165) is 18.4 Å². The number of hydrogen-bond donors (Lipinski definition) is 2. The molecule has 3 N–H and O–H groups in total. The molecule has 88 valence electrons. The summed E-state index contributed by atoms with van der Waals surface area (Å²) in [7, 11) is 2.18. The highest BCUT2D eigenvalue weighted by atomic mass is 15.2. The van der Waals surface area contributed by atoms with Crippen molar-refractivity contribution in [2.45, 2.75) is 31.8 Å². The van der Waals surface area contributed by atoms with Crippen LogP contribution < -0.4 is 11.1 Å². The van der Waals surface area contributed by atoms with Crippen molar-refractivity contribution in [3.8, 4) is 0 Å². The number of likely N-dealkylation sites (N-methyl/N-ethyl adjacent to an activating group) is 1. The molecular weight excluding hydrogens is 202 g/mol. The van der Waals surface area contributed by atoms with Crippen LogP contribution in [0.5, 0.6) is 0 Å². The molecule has 0 radical (unpaired) electrons. The van der Waals surface area contributed by atoms with E-state index in [1.807, 2.05) is 6.07 Å².